The standard InChI is InChI=1S/C24H32N4O2/c29-23(9-8-19-16-25-21-5-2-1-4-20(19)21)27-12-3-11-26(14-15-27)22-10-13-28(24(22)30)17-18-6-7-18/h1-2,4-5,16,18,22,25H,3,6-15,17H2/t22-/m1/s1. The van der Waals surface area contributed by atoms with Crippen LogP contribution in [0.1, 0.15) is 37.7 Å². The van der Waals surface area contributed by atoms with Crippen LogP contribution in [-0.2, 0) is 16.0 Å². The minimum Gasteiger partial charge on any atom is -0.361 e. The van der Waals surface area contributed by atoms with Gasteiger partial charge in [0, 0.05) is 62.8 Å². The van der Waals surface area contributed by atoms with E-state index >= 15 is 0 Å². The van der Waals surface area contributed by atoms with Crippen molar-refractivity contribution in [2.45, 2.75) is 44.6 Å². The third kappa shape index (κ3) is 4.10. The third-order valence-corrected chi connectivity index (χ3v) is 7.05. The summed E-state index contributed by atoms with van der Waals surface area (Å²) in [7, 11) is 0. The van der Waals surface area contributed by atoms with Crippen LogP contribution in [0.3, 0.4) is 0 Å². The van der Waals surface area contributed by atoms with Gasteiger partial charge in [-0.25, -0.2) is 0 Å². The van der Waals surface area contributed by atoms with E-state index in [9.17, 15) is 9.59 Å². The molecule has 2 aromatic rings. The number of H-pyrrole nitrogens is 1. The van der Waals surface area contributed by atoms with Gasteiger partial charge in [0.25, 0.3) is 0 Å². The molecule has 30 heavy (non-hydrogen) atoms. The maximum Gasteiger partial charge on any atom is 0.240 e. The molecule has 0 unspecified atom stereocenters. The lowest BCUT2D eigenvalue weighted by Gasteiger charge is -2.26. The van der Waals surface area contributed by atoms with Crippen LogP contribution in [0.15, 0.2) is 30.5 Å². The highest BCUT2D eigenvalue weighted by atomic mass is 16.2. The van der Waals surface area contributed by atoms with Crippen LogP contribution in [-0.4, -0.2) is 76.8 Å². The van der Waals surface area contributed by atoms with Crippen LogP contribution in [0, 0.1) is 5.92 Å². The van der Waals surface area contributed by atoms with Gasteiger partial charge in [0.05, 0.1) is 6.04 Å². The summed E-state index contributed by atoms with van der Waals surface area (Å²) in [5, 5.41) is 1.21. The Morgan fingerprint density at radius 2 is 1.90 bits per heavy atom. The van der Waals surface area contributed by atoms with Gasteiger partial charge in [0.1, 0.15) is 0 Å². The largest absolute Gasteiger partial charge is 0.361 e. The molecule has 6 nitrogen and oxygen atoms in total. The fourth-order valence-electron chi connectivity index (χ4n) is 5.09. The van der Waals surface area contributed by atoms with E-state index in [1.165, 1.54) is 23.8 Å². The van der Waals surface area contributed by atoms with Gasteiger partial charge in [0.15, 0.2) is 0 Å². The number of nitrogens with one attached hydrogen (secondary N) is 1. The number of carbonyl (C=O) groups is 2. The molecule has 1 N–H and O–H groups in total. The van der Waals surface area contributed by atoms with Gasteiger partial charge < -0.3 is 14.8 Å². The molecule has 0 bridgehead atoms. The van der Waals surface area contributed by atoms with E-state index in [0.29, 0.717) is 12.3 Å². The number of benzene rings is 1. The quantitative estimate of drug-likeness (QED) is 0.799. The second kappa shape index (κ2) is 8.42. The van der Waals surface area contributed by atoms with Crippen LogP contribution in [0.4, 0.5) is 0 Å². The Balaban J connectivity index is 1.13. The number of para-hydroxylation sites is 1. The van der Waals surface area contributed by atoms with Crippen molar-refractivity contribution in [1.82, 2.24) is 19.7 Å². The number of fused-ring (bicyclic) bond motifs is 1. The molecule has 1 atom stereocenters. The Kier molecular flexibility index (Phi) is 5.50. The summed E-state index contributed by atoms with van der Waals surface area (Å²) >= 11 is 0. The molecule has 3 heterocycles. The van der Waals surface area contributed by atoms with Crippen molar-refractivity contribution >= 4 is 22.7 Å². The molecule has 1 saturated carbocycles. The van der Waals surface area contributed by atoms with E-state index in [-0.39, 0.29) is 11.9 Å². The van der Waals surface area contributed by atoms with Gasteiger partial charge in [-0.1, -0.05) is 18.2 Å². The number of amides is 2. The Labute approximate surface area is 178 Å². The highest BCUT2D eigenvalue weighted by Gasteiger charge is 2.38. The summed E-state index contributed by atoms with van der Waals surface area (Å²) in [5.41, 5.74) is 2.34. The summed E-state index contributed by atoms with van der Waals surface area (Å²) < 4.78 is 0. The molecule has 5 rings (SSSR count). The van der Waals surface area contributed by atoms with Crippen molar-refractivity contribution in [3.63, 3.8) is 0 Å². The first-order valence-corrected chi connectivity index (χ1v) is 11.5. The molecule has 160 valence electrons. The molecule has 3 fully saturated rings. The van der Waals surface area contributed by atoms with E-state index in [4.69, 9.17) is 0 Å². The maximum atomic E-state index is 12.9. The summed E-state index contributed by atoms with van der Waals surface area (Å²) in [6, 6.07) is 8.28. The highest BCUT2D eigenvalue weighted by molar-refractivity contribution is 5.85. The molecule has 1 aromatic heterocycles. The van der Waals surface area contributed by atoms with Gasteiger partial charge >= 0.3 is 0 Å². The smallest absolute Gasteiger partial charge is 0.240 e. The first-order chi connectivity index (χ1) is 14.7. The van der Waals surface area contributed by atoms with Gasteiger partial charge in [-0.2, -0.15) is 0 Å². The summed E-state index contributed by atoms with van der Waals surface area (Å²) in [6.07, 6.45) is 7.80. The van der Waals surface area contributed by atoms with Crippen molar-refractivity contribution in [2.75, 3.05) is 39.3 Å². The zero-order chi connectivity index (χ0) is 20.5. The molecular weight excluding hydrogens is 376 g/mol. The first kappa shape index (κ1) is 19.6. The Bertz CT molecular complexity index is 919. The van der Waals surface area contributed by atoms with Crippen LogP contribution < -0.4 is 0 Å². The number of rotatable bonds is 6. The third-order valence-electron chi connectivity index (χ3n) is 7.05. The zero-order valence-electron chi connectivity index (χ0n) is 17.7. The van der Waals surface area contributed by atoms with E-state index in [2.05, 4.69) is 26.9 Å². The number of likely N-dealkylation sites (tertiary alicyclic amines) is 1. The topological polar surface area (TPSA) is 59.7 Å². The number of aryl methyl sites for hydroxylation is 1. The van der Waals surface area contributed by atoms with Crippen molar-refractivity contribution < 1.29 is 9.59 Å². The van der Waals surface area contributed by atoms with Gasteiger partial charge in [-0.3, -0.25) is 14.5 Å². The Morgan fingerprint density at radius 1 is 1.03 bits per heavy atom. The number of hydrogen-bond donors (Lipinski definition) is 1. The molecule has 2 amide bonds. The lowest BCUT2D eigenvalue weighted by molar-refractivity contribution is -0.132. The van der Waals surface area contributed by atoms with Crippen LogP contribution in [0.2, 0.25) is 0 Å². The average molecular weight is 409 g/mol. The molecule has 1 aliphatic carbocycles. The van der Waals surface area contributed by atoms with E-state index in [1.807, 2.05) is 23.2 Å². The number of hydrogen-bond acceptors (Lipinski definition) is 3. The predicted octanol–water partition coefficient (Wildman–Crippen LogP) is 2.65. The summed E-state index contributed by atoms with van der Waals surface area (Å²) in [4.78, 5) is 35.4. The maximum absolute atomic E-state index is 12.9. The number of nitrogens with zero attached hydrogens (tertiary/aromatic N) is 3. The van der Waals surface area contributed by atoms with Gasteiger partial charge in [-0.05, 0) is 49.7 Å². The lowest BCUT2D eigenvalue weighted by atomic mass is 10.1. The Morgan fingerprint density at radius 3 is 2.77 bits per heavy atom. The molecule has 6 heteroatoms. The Hall–Kier alpha value is -2.34. The van der Waals surface area contributed by atoms with Crippen molar-refractivity contribution in [1.29, 1.82) is 0 Å². The molecule has 2 saturated heterocycles. The van der Waals surface area contributed by atoms with Crippen LogP contribution in [0.5, 0.6) is 0 Å². The van der Waals surface area contributed by atoms with E-state index < -0.39 is 0 Å². The lowest BCUT2D eigenvalue weighted by Crippen LogP contribution is -2.44. The minimum atomic E-state index is 0.0324. The monoisotopic (exact) mass is 408 g/mol. The molecule has 3 aliphatic rings. The average Bonchev–Trinajstić information content (AvgIpc) is 3.45. The molecule has 0 spiro atoms. The van der Waals surface area contributed by atoms with E-state index in [1.54, 1.807) is 0 Å². The normalized spacial score (nSPS) is 23.3. The fraction of sp³-hybridized carbons (Fsp3) is 0.583. The number of aromatic nitrogens is 1. The zero-order valence-corrected chi connectivity index (χ0v) is 17.7. The van der Waals surface area contributed by atoms with Crippen LogP contribution >= 0.6 is 0 Å². The number of aromatic amines is 1. The SMILES string of the molecule is O=C(CCc1c[nH]c2ccccc12)N1CCCN([C@@H]2CCN(CC3CC3)C2=O)CC1. The molecular formula is C24H32N4O2. The summed E-state index contributed by atoms with van der Waals surface area (Å²) in [5.74, 6) is 1.30. The van der Waals surface area contributed by atoms with Crippen molar-refractivity contribution in [2.24, 2.45) is 5.92 Å². The molecule has 2 aliphatic heterocycles. The van der Waals surface area contributed by atoms with Crippen LogP contribution in [0.25, 0.3) is 10.9 Å². The van der Waals surface area contributed by atoms with Crippen molar-refractivity contribution in [3.8, 4) is 0 Å². The second-order valence-electron chi connectivity index (χ2n) is 9.16. The molecule has 0 radical (unpaired) electrons. The van der Waals surface area contributed by atoms with Gasteiger partial charge in [-0.15, -0.1) is 0 Å². The predicted molar refractivity (Wildman–Crippen MR) is 117 cm³/mol. The minimum absolute atomic E-state index is 0.0324. The second-order valence-corrected chi connectivity index (χ2v) is 9.16. The summed E-state index contributed by atoms with van der Waals surface area (Å²) in [6.45, 7) is 5.13. The molecule has 1 aromatic carbocycles. The van der Waals surface area contributed by atoms with E-state index in [0.717, 1.165) is 70.0 Å². The van der Waals surface area contributed by atoms with Crippen molar-refractivity contribution in [3.05, 3.63) is 36.0 Å². The number of carbonyl (C=O) groups excluding carboxylic acids is 2. The fourth-order valence-corrected chi connectivity index (χ4v) is 5.09. The highest BCUT2D eigenvalue weighted by Crippen LogP contribution is 2.32. The first-order valence-electron chi connectivity index (χ1n) is 11.5. The van der Waals surface area contributed by atoms with Gasteiger partial charge in [0.2, 0.25) is 11.8 Å².